The van der Waals surface area contributed by atoms with Crippen LogP contribution in [0.1, 0.15) is 42.1 Å². The molecule has 4 nitrogen and oxygen atoms in total. The molecule has 2 aromatic rings. The zero-order valence-electron chi connectivity index (χ0n) is 11.5. The van der Waals surface area contributed by atoms with E-state index in [9.17, 15) is 4.79 Å². The van der Waals surface area contributed by atoms with Gasteiger partial charge >= 0.3 is 0 Å². The molecule has 0 amide bonds. The van der Waals surface area contributed by atoms with Crippen molar-refractivity contribution in [3.05, 3.63) is 30.1 Å². The SMILES string of the molecule is O=C(c1ccc2c(c1)ncn2C1CC1)C1CCNCC1. The van der Waals surface area contributed by atoms with E-state index in [0.29, 0.717) is 6.04 Å². The molecular formula is C16H19N3O. The third-order valence-electron chi connectivity index (χ3n) is 4.51. The smallest absolute Gasteiger partial charge is 0.166 e. The number of imidazole rings is 1. The van der Waals surface area contributed by atoms with Gasteiger partial charge in [-0.1, -0.05) is 0 Å². The maximum absolute atomic E-state index is 12.5. The zero-order chi connectivity index (χ0) is 13.5. The van der Waals surface area contributed by atoms with Crippen molar-refractivity contribution in [2.45, 2.75) is 31.7 Å². The fourth-order valence-corrected chi connectivity index (χ4v) is 3.15. The molecule has 20 heavy (non-hydrogen) atoms. The molecule has 104 valence electrons. The summed E-state index contributed by atoms with van der Waals surface area (Å²) in [5.74, 6) is 0.466. The molecule has 4 rings (SSSR count). The summed E-state index contributed by atoms with van der Waals surface area (Å²) in [6.07, 6.45) is 6.32. The zero-order valence-corrected chi connectivity index (χ0v) is 11.5. The van der Waals surface area contributed by atoms with Gasteiger partial charge in [-0.2, -0.15) is 0 Å². The number of fused-ring (bicyclic) bond motifs is 1. The molecule has 1 aliphatic carbocycles. The lowest BCUT2D eigenvalue weighted by atomic mass is 9.89. The number of hydrogen-bond acceptors (Lipinski definition) is 3. The van der Waals surface area contributed by atoms with Crippen molar-refractivity contribution in [2.24, 2.45) is 5.92 Å². The summed E-state index contributed by atoms with van der Waals surface area (Å²) in [5.41, 5.74) is 2.94. The van der Waals surface area contributed by atoms with Gasteiger partial charge < -0.3 is 9.88 Å². The maximum atomic E-state index is 12.5. The van der Waals surface area contributed by atoms with E-state index < -0.39 is 0 Å². The molecule has 2 fully saturated rings. The summed E-state index contributed by atoms with van der Waals surface area (Å²) in [7, 11) is 0. The van der Waals surface area contributed by atoms with E-state index in [-0.39, 0.29) is 11.7 Å². The molecular weight excluding hydrogens is 250 g/mol. The molecule has 1 saturated heterocycles. The molecule has 0 spiro atoms. The number of nitrogens with zero attached hydrogens (tertiary/aromatic N) is 2. The van der Waals surface area contributed by atoms with Crippen LogP contribution in [0.15, 0.2) is 24.5 Å². The van der Waals surface area contributed by atoms with E-state index >= 15 is 0 Å². The van der Waals surface area contributed by atoms with Gasteiger partial charge in [-0.3, -0.25) is 4.79 Å². The van der Waals surface area contributed by atoms with Crippen molar-refractivity contribution in [1.29, 1.82) is 0 Å². The van der Waals surface area contributed by atoms with Gasteiger partial charge in [0.2, 0.25) is 0 Å². The first-order valence-corrected chi connectivity index (χ1v) is 7.54. The summed E-state index contributed by atoms with van der Waals surface area (Å²) in [6, 6.07) is 6.65. The van der Waals surface area contributed by atoms with Crippen LogP contribution in [0.2, 0.25) is 0 Å². The first-order valence-electron chi connectivity index (χ1n) is 7.54. The Balaban J connectivity index is 1.64. The van der Waals surface area contributed by atoms with Crippen LogP contribution in [-0.2, 0) is 0 Å². The van der Waals surface area contributed by atoms with E-state index in [4.69, 9.17) is 0 Å². The van der Waals surface area contributed by atoms with E-state index in [1.807, 2.05) is 18.5 Å². The molecule has 0 unspecified atom stereocenters. The number of benzene rings is 1. The average molecular weight is 269 g/mol. The monoisotopic (exact) mass is 269 g/mol. The first-order chi connectivity index (χ1) is 9.83. The third kappa shape index (κ3) is 2.04. The number of carbonyl (C=O) groups is 1. The summed E-state index contributed by atoms with van der Waals surface area (Å²) < 4.78 is 2.24. The van der Waals surface area contributed by atoms with Gasteiger partial charge in [-0.15, -0.1) is 0 Å². The Bertz CT molecular complexity index is 651. The predicted molar refractivity (Wildman–Crippen MR) is 77.9 cm³/mol. The Morgan fingerprint density at radius 2 is 2.00 bits per heavy atom. The second-order valence-electron chi connectivity index (χ2n) is 5.98. The number of nitrogens with one attached hydrogen (secondary N) is 1. The van der Waals surface area contributed by atoms with Crippen LogP contribution in [0.25, 0.3) is 11.0 Å². The fourth-order valence-electron chi connectivity index (χ4n) is 3.15. The summed E-state index contributed by atoms with van der Waals surface area (Å²) in [4.78, 5) is 17.0. The van der Waals surface area contributed by atoms with Gasteiger partial charge in [0.1, 0.15) is 0 Å². The largest absolute Gasteiger partial charge is 0.327 e. The average Bonchev–Trinajstić information content (AvgIpc) is 3.26. The van der Waals surface area contributed by atoms with E-state index in [2.05, 4.69) is 20.9 Å². The van der Waals surface area contributed by atoms with Gasteiger partial charge in [-0.05, 0) is 57.0 Å². The van der Waals surface area contributed by atoms with E-state index in [1.54, 1.807) is 0 Å². The van der Waals surface area contributed by atoms with Crippen LogP contribution < -0.4 is 5.32 Å². The standard InChI is InChI=1S/C16H19N3O/c20-16(11-5-7-17-8-6-11)12-1-4-15-14(9-12)18-10-19(15)13-2-3-13/h1,4,9-11,13,17H,2-3,5-8H2. The van der Waals surface area contributed by atoms with E-state index in [1.165, 1.54) is 12.8 Å². The normalized spacial score (nSPS) is 20.4. The number of piperidine rings is 1. The predicted octanol–water partition coefficient (Wildman–Crippen LogP) is 2.55. The number of carbonyl (C=O) groups excluding carboxylic acids is 1. The quantitative estimate of drug-likeness (QED) is 0.871. The molecule has 4 heteroatoms. The minimum absolute atomic E-state index is 0.180. The number of Topliss-reactive ketones (excluding diaryl/α,β-unsaturated/α-hetero) is 1. The Kier molecular flexibility index (Phi) is 2.84. The number of aromatic nitrogens is 2. The molecule has 1 aliphatic heterocycles. The Morgan fingerprint density at radius 3 is 2.75 bits per heavy atom. The molecule has 1 aromatic carbocycles. The molecule has 0 atom stereocenters. The molecule has 2 aliphatic rings. The van der Waals surface area contributed by atoms with Crippen molar-refractivity contribution >= 4 is 16.8 Å². The second kappa shape index (κ2) is 4.70. The highest BCUT2D eigenvalue weighted by molar-refractivity contribution is 6.00. The van der Waals surface area contributed by atoms with Crippen molar-refractivity contribution in [1.82, 2.24) is 14.9 Å². The van der Waals surface area contributed by atoms with Gasteiger partial charge in [0.05, 0.1) is 17.4 Å². The molecule has 1 N–H and O–H groups in total. The van der Waals surface area contributed by atoms with Gasteiger partial charge in [0, 0.05) is 17.5 Å². The highest BCUT2D eigenvalue weighted by Crippen LogP contribution is 2.37. The topological polar surface area (TPSA) is 46.9 Å². The lowest BCUT2D eigenvalue weighted by Crippen LogP contribution is -2.31. The lowest BCUT2D eigenvalue weighted by Gasteiger charge is -2.21. The molecule has 0 bridgehead atoms. The molecule has 1 saturated carbocycles. The van der Waals surface area contributed by atoms with Crippen molar-refractivity contribution in [3.8, 4) is 0 Å². The molecule has 0 radical (unpaired) electrons. The first kappa shape index (κ1) is 12.1. The Hall–Kier alpha value is -1.68. The van der Waals surface area contributed by atoms with Crippen molar-refractivity contribution in [2.75, 3.05) is 13.1 Å². The van der Waals surface area contributed by atoms with Crippen LogP contribution in [0.3, 0.4) is 0 Å². The van der Waals surface area contributed by atoms with Crippen molar-refractivity contribution < 1.29 is 4.79 Å². The summed E-state index contributed by atoms with van der Waals surface area (Å²) >= 11 is 0. The maximum Gasteiger partial charge on any atom is 0.166 e. The Morgan fingerprint density at radius 1 is 1.20 bits per heavy atom. The number of ketones is 1. The van der Waals surface area contributed by atoms with Crippen LogP contribution >= 0.6 is 0 Å². The number of hydrogen-bond donors (Lipinski definition) is 1. The Labute approximate surface area is 118 Å². The van der Waals surface area contributed by atoms with E-state index in [0.717, 1.165) is 42.5 Å². The van der Waals surface area contributed by atoms with Crippen LogP contribution in [0, 0.1) is 5.92 Å². The minimum Gasteiger partial charge on any atom is -0.327 e. The van der Waals surface area contributed by atoms with Gasteiger partial charge in [0.25, 0.3) is 0 Å². The minimum atomic E-state index is 0.180. The summed E-state index contributed by atoms with van der Waals surface area (Å²) in [5, 5.41) is 3.31. The van der Waals surface area contributed by atoms with Crippen LogP contribution in [-0.4, -0.2) is 28.4 Å². The lowest BCUT2D eigenvalue weighted by molar-refractivity contribution is 0.0895. The van der Waals surface area contributed by atoms with Crippen LogP contribution in [0.4, 0.5) is 0 Å². The van der Waals surface area contributed by atoms with Crippen LogP contribution in [0.5, 0.6) is 0 Å². The van der Waals surface area contributed by atoms with Gasteiger partial charge in [-0.25, -0.2) is 4.98 Å². The highest BCUT2D eigenvalue weighted by atomic mass is 16.1. The summed E-state index contributed by atoms with van der Waals surface area (Å²) in [6.45, 7) is 1.91. The number of rotatable bonds is 3. The fraction of sp³-hybridized carbons (Fsp3) is 0.500. The molecule has 2 heterocycles. The highest BCUT2D eigenvalue weighted by Gasteiger charge is 2.26. The third-order valence-corrected chi connectivity index (χ3v) is 4.51. The van der Waals surface area contributed by atoms with Crippen molar-refractivity contribution in [3.63, 3.8) is 0 Å². The van der Waals surface area contributed by atoms with Gasteiger partial charge in [0.15, 0.2) is 5.78 Å². The second-order valence-corrected chi connectivity index (χ2v) is 5.98. The molecule has 1 aromatic heterocycles.